The molecule has 12 heavy (non-hydrogen) atoms. The summed E-state index contributed by atoms with van der Waals surface area (Å²) in [6.07, 6.45) is 12.2. The number of hydrogen-bond acceptors (Lipinski definition) is 0. The van der Waals surface area contributed by atoms with E-state index in [1.165, 1.54) is 44.4 Å². The van der Waals surface area contributed by atoms with Gasteiger partial charge in [-0.2, -0.15) is 0 Å². The molecule has 0 amide bonds. The third-order valence-electron chi connectivity index (χ3n) is 2.77. The summed E-state index contributed by atoms with van der Waals surface area (Å²) >= 11 is 0. The van der Waals surface area contributed by atoms with Crippen molar-refractivity contribution in [1.82, 2.24) is 0 Å². The minimum Gasteiger partial charge on any atom is -0.102 e. The van der Waals surface area contributed by atoms with Gasteiger partial charge in [0.2, 0.25) is 0 Å². The largest absolute Gasteiger partial charge is 0.102 e. The molecule has 0 nitrogen and oxygen atoms in total. The second-order valence-corrected chi connectivity index (χ2v) is 3.69. The number of allylic oxidation sites excluding steroid dienone is 2. The van der Waals surface area contributed by atoms with Crippen LogP contribution < -0.4 is 0 Å². The van der Waals surface area contributed by atoms with Crippen LogP contribution in [0.3, 0.4) is 0 Å². The summed E-state index contributed by atoms with van der Waals surface area (Å²) < 4.78 is 0. The molecule has 0 heteroatoms. The van der Waals surface area contributed by atoms with Crippen molar-refractivity contribution in [3.63, 3.8) is 0 Å². The Morgan fingerprint density at radius 2 is 1.67 bits per heavy atom. The first-order chi connectivity index (χ1) is 5.86. The Kier molecular flexibility index (Phi) is 4.13. The van der Waals surface area contributed by atoms with E-state index in [0.29, 0.717) is 0 Å². The van der Waals surface area contributed by atoms with Crippen LogP contribution >= 0.6 is 0 Å². The van der Waals surface area contributed by atoms with Crippen LogP contribution in [0.2, 0.25) is 0 Å². The molecule has 0 saturated heterocycles. The maximum atomic E-state index is 3.79. The lowest BCUT2D eigenvalue weighted by Crippen LogP contribution is -2.08. The zero-order chi connectivity index (χ0) is 8.81. The van der Waals surface area contributed by atoms with Crippen molar-refractivity contribution in [3.05, 3.63) is 31.2 Å². The average Bonchev–Trinajstić information content (AvgIpc) is 2.16. The first kappa shape index (κ1) is 9.57. The predicted molar refractivity (Wildman–Crippen MR) is 54.8 cm³/mol. The molecule has 0 aliphatic heterocycles. The van der Waals surface area contributed by atoms with E-state index in [2.05, 4.69) is 13.2 Å². The van der Waals surface area contributed by atoms with Crippen molar-refractivity contribution in [2.24, 2.45) is 5.92 Å². The molecular formula is C12H19. The average molecular weight is 163 g/mol. The van der Waals surface area contributed by atoms with Gasteiger partial charge in [-0.3, -0.25) is 0 Å². The van der Waals surface area contributed by atoms with E-state index in [0.717, 1.165) is 5.92 Å². The quantitative estimate of drug-likeness (QED) is 0.589. The Morgan fingerprint density at radius 1 is 1.08 bits per heavy atom. The lowest BCUT2D eigenvalue weighted by atomic mass is 9.83. The monoisotopic (exact) mass is 163 g/mol. The smallest absolute Gasteiger partial charge is 0.0184 e. The zero-order valence-electron chi connectivity index (χ0n) is 7.89. The van der Waals surface area contributed by atoms with E-state index in [9.17, 15) is 0 Å². The molecule has 0 aromatic heterocycles. The van der Waals surface area contributed by atoms with Gasteiger partial charge < -0.3 is 0 Å². The summed E-state index contributed by atoms with van der Waals surface area (Å²) in [5.74, 6) is 2.23. The van der Waals surface area contributed by atoms with Gasteiger partial charge in [0.1, 0.15) is 0 Å². The summed E-state index contributed by atoms with van der Waals surface area (Å²) in [4.78, 5) is 0. The van der Waals surface area contributed by atoms with E-state index in [-0.39, 0.29) is 0 Å². The lowest BCUT2D eigenvalue weighted by molar-refractivity contribution is 0.351. The van der Waals surface area contributed by atoms with Crippen LogP contribution in [0.1, 0.15) is 38.5 Å². The third-order valence-corrected chi connectivity index (χ3v) is 2.77. The van der Waals surface area contributed by atoms with E-state index < -0.39 is 0 Å². The van der Waals surface area contributed by atoms with Crippen molar-refractivity contribution >= 4 is 0 Å². The zero-order valence-corrected chi connectivity index (χ0v) is 7.89. The predicted octanol–water partition coefficient (Wildman–Crippen LogP) is 3.90. The van der Waals surface area contributed by atoms with Crippen LogP contribution in [0.25, 0.3) is 0 Å². The van der Waals surface area contributed by atoms with Crippen LogP contribution in [0, 0.1) is 11.8 Å². The van der Waals surface area contributed by atoms with Crippen LogP contribution in [0.5, 0.6) is 0 Å². The second-order valence-electron chi connectivity index (χ2n) is 3.69. The molecule has 0 N–H and O–H groups in total. The minimum atomic E-state index is 0.907. The summed E-state index contributed by atoms with van der Waals surface area (Å²) in [6.45, 7) is 7.58. The van der Waals surface area contributed by atoms with Crippen LogP contribution in [0.15, 0.2) is 25.3 Å². The minimum absolute atomic E-state index is 0.907. The van der Waals surface area contributed by atoms with Crippen molar-refractivity contribution in [3.8, 4) is 0 Å². The van der Waals surface area contributed by atoms with Gasteiger partial charge in [0, 0.05) is 5.92 Å². The highest BCUT2D eigenvalue weighted by molar-refractivity contribution is 5.18. The van der Waals surface area contributed by atoms with Gasteiger partial charge >= 0.3 is 0 Å². The highest BCUT2D eigenvalue weighted by Crippen LogP contribution is 2.30. The molecule has 0 aromatic rings. The van der Waals surface area contributed by atoms with Crippen LogP contribution in [-0.4, -0.2) is 0 Å². The Morgan fingerprint density at radius 3 is 2.17 bits per heavy atom. The highest BCUT2D eigenvalue weighted by atomic mass is 14.2. The van der Waals surface area contributed by atoms with Crippen molar-refractivity contribution in [2.45, 2.75) is 38.5 Å². The normalized spacial score (nSPS) is 19.4. The van der Waals surface area contributed by atoms with Crippen LogP contribution in [0.4, 0.5) is 0 Å². The molecule has 1 radical (unpaired) electrons. The number of hydrogen-bond donors (Lipinski definition) is 0. The van der Waals surface area contributed by atoms with Gasteiger partial charge in [-0.1, -0.05) is 44.3 Å². The fourth-order valence-electron chi connectivity index (χ4n) is 1.97. The van der Waals surface area contributed by atoms with E-state index in [4.69, 9.17) is 0 Å². The molecule has 0 atom stereocenters. The third kappa shape index (κ3) is 2.84. The van der Waals surface area contributed by atoms with E-state index in [1.807, 2.05) is 12.2 Å². The lowest BCUT2D eigenvalue weighted by Gasteiger charge is -2.23. The maximum Gasteiger partial charge on any atom is 0.0184 e. The molecule has 1 saturated carbocycles. The molecule has 0 spiro atoms. The molecule has 0 bridgehead atoms. The molecule has 1 aliphatic rings. The van der Waals surface area contributed by atoms with Crippen molar-refractivity contribution < 1.29 is 0 Å². The van der Waals surface area contributed by atoms with Crippen molar-refractivity contribution in [2.75, 3.05) is 0 Å². The van der Waals surface area contributed by atoms with Gasteiger partial charge in [-0.15, -0.1) is 13.2 Å². The Bertz CT molecular complexity index is 132. The highest BCUT2D eigenvalue weighted by Gasteiger charge is 2.15. The summed E-state index contributed by atoms with van der Waals surface area (Å²) in [7, 11) is 0. The molecule has 0 heterocycles. The fourth-order valence-corrected chi connectivity index (χ4v) is 1.97. The molecular weight excluding hydrogens is 144 g/mol. The van der Waals surface area contributed by atoms with Gasteiger partial charge in [0.05, 0.1) is 0 Å². The molecule has 1 fully saturated rings. The SMILES string of the molecule is C=C[C](C=C)CC1CCCCC1. The van der Waals surface area contributed by atoms with Gasteiger partial charge in [-0.05, 0) is 12.3 Å². The van der Waals surface area contributed by atoms with E-state index >= 15 is 0 Å². The van der Waals surface area contributed by atoms with Crippen molar-refractivity contribution in [1.29, 1.82) is 0 Å². The first-order valence-electron chi connectivity index (χ1n) is 4.97. The first-order valence-corrected chi connectivity index (χ1v) is 4.97. The molecule has 0 unspecified atom stereocenters. The standard InChI is InChI=1S/C12H19/c1-3-11(4-2)10-12-8-6-5-7-9-12/h3-4,12H,1-2,5-10H2. The van der Waals surface area contributed by atoms with Gasteiger partial charge in [0.25, 0.3) is 0 Å². The summed E-state index contributed by atoms with van der Waals surface area (Å²) in [6, 6.07) is 0. The van der Waals surface area contributed by atoms with E-state index in [1.54, 1.807) is 0 Å². The molecule has 1 rings (SSSR count). The Labute approximate surface area is 76.4 Å². The maximum absolute atomic E-state index is 3.79. The Hall–Kier alpha value is -0.520. The Balaban J connectivity index is 2.27. The molecule has 0 aromatic carbocycles. The topological polar surface area (TPSA) is 0 Å². The second kappa shape index (κ2) is 5.18. The molecule has 1 aliphatic carbocycles. The van der Waals surface area contributed by atoms with Gasteiger partial charge in [-0.25, -0.2) is 0 Å². The van der Waals surface area contributed by atoms with Gasteiger partial charge in [0.15, 0.2) is 0 Å². The molecule has 67 valence electrons. The summed E-state index contributed by atoms with van der Waals surface area (Å²) in [5, 5.41) is 0. The number of rotatable bonds is 4. The summed E-state index contributed by atoms with van der Waals surface area (Å²) in [5.41, 5.74) is 0. The van der Waals surface area contributed by atoms with Crippen LogP contribution in [-0.2, 0) is 0 Å². The fraction of sp³-hybridized carbons (Fsp3) is 0.583.